The van der Waals surface area contributed by atoms with E-state index in [1.807, 2.05) is 30.5 Å². The standard InChI is InChI=1S/C18H17FN4OS/c1-25-11-16-17(18(20)24)21-22-23(16)10-12-3-2-4-14(9-12)13-5-7-15(19)8-6-13/h2-9H,10-11H2,1H3,(H2,20,24). The number of carbonyl (C=O) groups is 1. The van der Waals surface area contributed by atoms with E-state index in [9.17, 15) is 9.18 Å². The van der Waals surface area contributed by atoms with Crippen LogP contribution in [0.2, 0.25) is 0 Å². The molecule has 2 aromatic carbocycles. The lowest BCUT2D eigenvalue weighted by atomic mass is 10.0. The largest absolute Gasteiger partial charge is 0.364 e. The number of carbonyl (C=O) groups excluding carboxylic acids is 1. The fourth-order valence-corrected chi connectivity index (χ4v) is 3.15. The second kappa shape index (κ2) is 7.48. The quantitative estimate of drug-likeness (QED) is 0.736. The van der Waals surface area contributed by atoms with Gasteiger partial charge in [0.05, 0.1) is 12.2 Å². The van der Waals surface area contributed by atoms with Crippen molar-refractivity contribution in [3.63, 3.8) is 0 Å². The Labute approximate surface area is 149 Å². The molecule has 1 heterocycles. The molecular formula is C18H17FN4OS. The van der Waals surface area contributed by atoms with Crippen LogP contribution in [0.5, 0.6) is 0 Å². The Morgan fingerprint density at radius 3 is 2.64 bits per heavy atom. The van der Waals surface area contributed by atoms with Gasteiger partial charge in [0.15, 0.2) is 5.69 Å². The Bertz CT molecular complexity index is 892. The Morgan fingerprint density at radius 2 is 1.96 bits per heavy atom. The van der Waals surface area contributed by atoms with Crippen molar-refractivity contribution in [2.45, 2.75) is 12.3 Å². The number of aromatic nitrogens is 3. The van der Waals surface area contributed by atoms with Gasteiger partial charge in [-0.1, -0.05) is 35.5 Å². The van der Waals surface area contributed by atoms with Crippen LogP contribution in [0, 0.1) is 5.82 Å². The summed E-state index contributed by atoms with van der Waals surface area (Å²) in [6.45, 7) is 0.477. The molecule has 3 rings (SSSR count). The summed E-state index contributed by atoms with van der Waals surface area (Å²) in [6, 6.07) is 14.3. The summed E-state index contributed by atoms with van der Waals surface area (Å²) >= 11 is 1.57. The Kier molecular flexibility index (Phi) is 5.14. The van der Waals surface area contributed by atoms with Gasteiger partial charge in [0.25, 0.3) is 5.91 Å². The lowest BCUT2D eigenvalue weighted by molar-refractivity contribution is 0.0995. The van der Waals surface area contributed by atoms with Crippen LogP contribution < -0.4 is 5.73 Å². The summed E-state index contributed by atoms with van der Waals surface area (Å²) in [6.07, 6.45) is 1.94. The minimum absolute atomic E-state index is 0.212. The van der Waals surface area contributed by atoms with Crippen LogP contribution in [0.3, 0.4) is 0 Å². The van der Waals surface area contributed by atoms with E-state index in [4.69, 9.17) is 5.73 Å². The fraction of sp³-hybridized carbons (Fsp3) is 0.167. The molecule has 5 nitrogen and oxygen atoms in total. The molecular weight excluding hydrogens is 339 g/mol. The van der Waals surface area contributed by atoms with Gasteiger partial charge in [-0.2, -0.15) is 11.8 Å². The maximum absolute atomic E-state index is 13.1. The monoisotopic (exact) mass is 356 g/mol. The molecule has 7 heteroatoms. The van der Waals surface area contributed by atoms with E-state index in [2.05, 4.69) is 10.3 Å². The van der Waals surface area contributed by atoms with Crippen LogP contribution in [0.15, 0.2) is 48.5 Å². The van der Waals surface area contributed by atoms with Gasteiger partial charge in [-0.25, -0.2) is 9.07 Å². The summed E-state index contributed by atoms with van der Waals surface area (Å²) in [5.41, 5.74) is 9.22. The predicted octanol–water partition coefficient (Wildman–Crippen LogP) is 3.09. The number of nitrogens with zero attached hydrogens (tertiary/aromatic N) is 3. The molecule has 0 spiro atoms. The van der Waals surface area contributed by atoms with Gasteiger partial charge >= 0.3 is 0 Å². The summed E-state index contributed by atoms with van der Waals surface area (Å²) in [5.74, 6) is -0.235. The predicted molar refractivity (Wildman–Crippen MR) is 96.7 cm³/mol. The molecule has 128 valence electrons. The van der Waals surface area contributed by atoms with Crippen LogP contribution in [-0.4, -0.2) is 27.2 Å². The average molecular weight is 356 g/mol. The van der Waals surface area contributed by atoms with Gasteiger partial charge in [-0.05, 0) is 41.1 Å². The molecule has 0 bridgehead atoms. The van der Waals surface area contributed by atoms with Gasteiger partial charge in [0.2, 0.25) is 0 Å². The minimum atomic E-state index is -0.574. The molecule has 0 saturated carbocycles. The van der Waals surface area contributed by atoms with Crippen molar-refractivity contribution in [1.82, 2.24) is 15.0 Å². The normalized spacial score (nSPS) is 10.8. The van der Waals surface area contributed by atoms with Crippen molar-refractivity contribution in [2.24, 2.45) is 5.73 Å². The first-order valence-electron chi connectivity index (χ1n) is 7.64. The van der Waals surface area contributed by atoms with E-state index in [1.54, 1.807) is 28.6 Å². The smallest absolute Gasteiger partial charge is 0.271 e. The molecule has 0 aliphatic rings. The zero-order valence-corrected chi connectivity index (χ0v) is 14.5. The fourth-order valence-electron chi connectivity index (χ4n) is 2.60. The number of rotatable bonds is 6. The highest BCUT2D eigenvalue weighted by molar-refractivity contribution is 7.97. The summed E-state index contributed by atoms with van der Waals surface area (Å²) < 4.78 is 14.8. The molecule has 1 aromatic heterocycles. The van der Waals surface area contributed by atoms with Gasteiger partial charge in [0, 0.05) is 5.75 Å². The molecule has 0 atom stereocenters. The van der Waals surface area contributed by atoms with E-state index >= 15 is 0 Å². The van der Waals surface area contributed by atoms with E-state index < -0.39 is 5.91 Å². The minimum Gasteiger partial charge on any atom is -0.364 e. The molecule has 0 saturated heterocycles. The second-order valence-corrected chi connectivity index (χ2v) is 6.41. The van der Waals surface area contributed by atoms with Gasteiger partial charge in [0.1, 0.15) is 5.82 Å². The molecule has 0 aliphatic heterocycles. The number of nitrogens with two attached hydrogens (primary N) is 1. The van der Waals surface area contributed by atoms with Crippen molar-refractivity contribution in [1.29, 1.82) is 0 Å². The van der Waals surface area contributed by atoms with Gasteiger partial charge in [-0.3, -0.25) is 4.79 Å². The highest BCUT2D eigenvalue weighted by Crippen LogP contribution is 2.22. The van der Waals surface area contributed by atoms with Crippen molar-refractivity contribution in [3.05, 3.63) is 71.3 Å². The Morgan fingerprint density at radius 1 is 1.20 bits per heavy atom. The molecule has 0 unspecified atom stereocenters. The number of benzene rings is 2. The highest BCUT2D eigenvalue weighted by Gasteiger charge is 2.17. The number of primary amides is 1. The number of halogens is 1. The lowest BCUT2D eigenvalue weighted by Crippen LogP contribution is -2.15. The Balaban J connectivity index is 1.90. The maximum Gasteiger partial charge on any atom is 0.271 e. The number of hydrogen-bond acceptors (Lipinski definition) is 4. The molecule has 0 fully saturated rings. The number of hydrogen-bond donors (Lipinski definition) is 1. The van der Waals surface area contributed by atoms with Crippen LogP contribution >= 0.6 is 11.8 Å². The first-order chi connectivity index (χ1) is 12.1. The number of amides is 1. The second-order valence-electron chi connectivity index (χ2n) is 5.55. The molecule has 0 radical (unpaired) electrons. The van der Waals surface area contributed by atoms with Gasteiger partial charge in [-0.15, -0.1) is 5.10 Å². The molecule has 1 amide bonds. The zero-order valence-electron chi connectivity index (χ0n) is 13.6. The van der Waals surface area contributed by atoms with E-state index in [1.165, 1.54) is 12.1 Å². The SMILES string of the molecule is CSCc1c(C(N)=O)nnn1Cc1cccc(-c2ccc(F)cc2)c1. The Hall–Kier alpha value is -2.67. The highest BCUT2D eigenvalue weighted by atomic mass is 32.2. The van der Waals surface area contributed by atoms with E-state index in [-0.39, 0.29) is 11.5 Å². The first-order valence-corrected chi connectivity index (χ1v) is 9.04. The number of thioether (sulfide) groups is 1. The van der Waals surface area contributed by atoms with Crippen molar-refractivity contribution >= 4 is 17.7 Å². The van der Waals surface area contributed by atoms with Crippen molar-refractivity contribution in [2.75, 3.05) is 6.26 Å². The van der Waals surface area contributed by atoms with Crippen molar-refractivity contribution < 1.29 is 9.18 Å². The summed E-state index contributed by atoms with van der Waals surface area (Å²) in [7, 11) is 0. The van der Waals surface area contributed by atoms with Crippen LogP contribution in [-0.2, 0) is 12.3 Å². The maximum atomic E-state index is 13.1. The summed E-state index contributed by atoms with van der Waals surface area (Å²) in [4.78, 5) is 11.5. The third-order valence-electron chi connectivity index (χ3n) is 3.79. The van der Waals surface area contributed by atoms with E-state index in [0.29, 0.717) is 18.0 Å². The van der Waals surface area contributed by atoms with Gasteiger partial charge < -0.3 is 5.73 Å². The molecule has 0 aliphatic carbocycles. The van der Waals surface area contributed by atoms with Crippen LogP contribution in [0.4, 0.5) is 4.39 Å². The average Bonchev–Trinajstić information content (AvgIpc) is 2.99. The molecule has 3 aromatic rings. The van der Waals surface area contributed by atoms with E-state index in [0.717, 1.165) is 16.7 Å². The van der Waals surface area contributed by atoms with Crippen LogP contribution in [0.25, 0.3) is 11.1 Å². The first kappa shape index (κ1) is 17.2. The zero-order chi connectivity index (χ0) is 17.8. The lowest BCUT2D eigenvalue weighted by Gasteiger charge is -2.08. The molecule has 2 N–H and O–H groups in total. The van der Waals surface area contributed by atoms with Crippen LogP contribution in [0.1, 0.15) is 21.7 Å². The third kappa shape index (κ3) is 3.88. The molecule has 25 heavy (non-hydrogen) atoms. The van der Waals surface area contributed by atoms with Crippen molar-refractivity contribution in [3.8, 4) is 11.1 Å². The topological polar surface area (TPSA) is 73.8 Å². The third-order valence-corrected chi connectivity index (χ3v) is 4.35. The summed E-state index contributed by atoms with van der Waals surface area (Å²) in [5, 5.41) is 7.97.